The van der Waals surface area contributed by atoms with E-state index < -0.39 is 4.92 Å². The zero-order valence-corrected chi connectivity index (χ0v) is 12.4. The van der Waals surface area contributed by atoms with E-state index >= 15 is 0 Å². The van der Waals surface area contributed by atoms with Gasteiger partial charge in [-0.3, -0.25) is 10.1 Å². The van der Waals surface area contributed by atoms with Crippen molar-refractivity contribution in [1.29, 1.82) is 5.26 Å². The van der Waals surface area contributed by atoms with Crippen LogP contribution in [-0.2, 0) is 0 Å². The van der Waals surface area contributed by atoms with Gasteiger partial charge in [0.05, 0.1) is 4.92 Å². The third-order valence-corrected chi connectivity index (χ3v) is 1.47. The molecule has 102 valence electrons. The highest BCUT2D eigenvalue weighted by Crippen LogP contribution is 2.18. The van der Waals surface area contributed by atoms with Crippen molar-refractivity contribution in [3.8, 4) is 6.07 Å². The Labute approximate surface area is 110 Å². The van der Waals surface area contributed by atoms with Gasteiger partial charge in [0.2, 0.25) is 0 Å². The fourth-order valence-corrected chi connectivity index (χ4v) is 0.899. The van der Waals surface area contributed by atoms with E-state index in [1.165, 1.54) is 12.1 Å². The van der Waals surface area contributed by atoms with Crippen LogP contribution < -0.4 is 0 Å². The highest BCUT2D eigenvalue weighted by Gasteiger charge is 2.11. The lowest BCUT2D eigenvalue weighted by molar-refractivity contribution is -0.385. The van der Waals surface area contributed by atoms with Crippen molar-refractivity contribution >= 4 is 5.69 Å². The van der Waals surface area contributed by atoms with Gasteiger partial charge in [0.1, 0.15) is 11.6 Å². The molecule has 4 heteroatoms. The quantitative estimate of drug-likeness (QED) is 0.529. The Bertz CT molecular complexity index is 369. The number of nitro benzene ring substituents is 1. The van der Waals surface area contributed by atoms with E-state index in [0.29, 0.717) is 0 Å². The first kappa shape index (κ1) is 21.4. The summed E-state index contributed by atoms with van der Waals surface area (Å²) in [5, 5.41) is 18.9. The van der Waals surface area contributed by atoms with Gasteiger partial charge in [-0.1, -0.05) is 47.6 Å². The summed E-state index contributed by atoms with van der Waals surface area (Å²) in [5.41, 5.74) is 0.820. The maximum absolute atomic E-state index is 10.3. The zero-order valence-electron chi connectivity index (χ0n) is 12.4. The molecule has 0 N–H and O–H groups in total. The molecule has 18 heavy (non-hydrogen) atoms. The lowest BCUT2D eigenvalue weighted by Gasteiger charge is -1.94. The minimum atomic E-state index is -0.558. The smallest absolute Gasteiger partial charge is 0.258 e. The molecule has 0 aromatic heterocycles. The van der Waals surface area contributed by atoms with Crippen molar-refractivity contribution in [3.63, 3.8) is 0 Å². The predicted molar refractivity (Wildman–Crippen MR) is 76.6 cm³/mol. The number of aryl methyl sites for hydroxylation is 1. The minimum Gasteiger partial charge on any atom is -0.258 e. The molecule has 0 saturated carbocycles. The Morgan fingerprint density at radius 2 is 1.56 bits per heavy atom. The van der Waals surface area contributed by atoms with Crippen LogP contribution >= 0.6 is 0 Å². The van der Waals surface area contributed by atoms with Gasteiger partial charge in [-0.25, -0.2) is 0 Å². The van der Waals surface area contributed by atoms with Crippen LogP contribution in [-0.4, -0.2) is 4.92 Å². The molecule has 0 heterocycles. The number of nitrogens with zero attached hydrogens (tertiary/aromatic N) is 2. The van der Waals surface area contributed by atoms with E-state index in [2.05, 4.69) is 0 Å². The normalized spacial score (nSPS) is 7.00. The molecule has 0 amide bonds. The molecule has 1 rings (SSSR count). The van der Waals surface area contributed by atoms with Gasteiger partial charge < -0.3 is 0 Å². The zero-order chi connectivity index (χ0) is 15.1. The molecule has 0 aliphatic carbocycles. The van der Waals surface area contributed by atoms with Gasteiger partial charge in [-0.15, -0.1) is 0 Å². The second kappa shape index (κ2) is 15.1. The van der Waals surface area contributed by atoms with E-state index in [0.717, 1.165) is 5.56 Å². The molecule has 1 aromatic rings. The van der Waals surface area contributed by atoms with E-state index in [1.54, 1.807) is 19.1 Å². The van der Waals surface area contributed by atoms with Gasteiger partial charge in [0.15, 0.2) is 0 Å². The first-order valence-electron chi connectivity index (χ1n) is 6.30. The molecule has 4 nitrogen and oxygen atoms in total. The summed E-state index contributed by atoms with van der Waals surface area (Å²) in [7, 11) is 0. The summed E-state index contributed by atoms with van der Waals surface area (Å²) >= 11 is 0. The molecule has 0 atom stereocenters. The van der Waals surface area contributed by atoms with Crippen LogP contribution in [0.2, 0.25) is 0 Å². The van der Waals surface area contributed by atoms with Gasteiger partial charge in [-0.05, 0) is 18.6 Å². The lowest BCUT2D eigenvalue weighted by Crippen LogP contribution is -1.92. The maximum Gasteiger partial charge on any atom is 0.287 e. The Morgan fingerprint density at radius 1 is 1.11 bits per heavy atom. The second-order valence-corrected chi connectivity index (χ2v) is 2.39. The number of benzene rings is 1. The average Bonchev–Trinajstić information content (AvgIpc) is 2.45. The van der Waals surface area contributed by atoms with E-state index in [4.69, 9.17) is 5.26 Å². The van der Waals surface area contributed by atoms with Crippen LogP contribution in [0.15, 0.2) is 18.2 Å². The molecule has 0 fully saturated rings. The van der Waals surface area contributed by atoms with Crippen LogP contribution in [0.5, 0.6) is 0 Å². The predicted octanol–water partition coefficient (Wildman–Crippen LogP) is 4.85. The van der Waals surface area contributed by atoms with E-state index in [1.807, 2.05) is 41.5 Å². The van der Waals surface area contributed by atoms with Crippen molar-refractivity contribution in [2.45, 2.75) is 48.5 Å². The fourth-order valence-electron chi connectivity index (χ4n) is 0.899. The molecular formula is C14H24N2O2. The van der Waals surface area contributed by atoms with Crippen LogP contribution in [0, 0.1) is 28.4 Å². The van der Waals surface area contributed by atoms with E-state index in [-0.39, 0.29) is 11.3 Å². The maximum atomic E-state index is 10.3. The molecule has 0 spiro atoms. The van der Waals surface area contributed by atoms with E-state index in [9.17, 15) is 10.1 Å². The first-order valence-corrected chi connectivity index (χ1v) is 6.30. The summed E-state index contributed by atoms with van der Waals surface area (Å²) < 4.78 is 0. The van der Waals surface area contributed by atoms with Crippen molar-refractivity contribution in [3.05, 3.63) is 39.4 Å². The molecular weight excluding hydrogens is 228 g/mol. The third kappa shape index (κ3) is 8.28. The summed E-state index contributed by atoms with van der Waals surface area (Å²) in [6, 6.07) is 6.23. The molecule has 0 saturated heterocycles. The van der Waals surface area contributed by atoms with Crippen LogP contribution in [0.1, 0.15) is 52.7 Å². The van der Waals surface area contributed by atoms with Crippen molar-refractivity contribution in [1.82, 2.24) is 0 Å². The van der Waals surface area contributed by atoms with Crippen molar-refractivity contribution in [2.75, 3.05) is 0 Å². The van der Waals surface area contributed by atoms with Gasteiger partial charge in [0.25, 0.3) is 5.69 Å². The third-order valence-electron chi connectivity index (χ3n) is 1.47. The molecule has 0 radical (unpaired) electrons. The van der Waals surface area contributed by atoms with Gasteiger partial charge >= 0.3 is 0 Å². The largest absolute Gasteiger partial charge is 0.287 e. The molecule has 0 aliphatic heterocycles. The number of hydrogen-bond acceptors (Lipinski definition) is 3. The molecule has 0 bridgehead atoms. The lowest BCUT2D eigenvalue weighted by atomic mass is 10.1. The first-order chi connectivity index (χ1) is 8.65. The standard InChI is InChI=1S/C8H6N2O2.3C2H6/c1-6-2-3-8(10(11)12)7(4-6)5-9;3*1-2/h2-4H,1H3;3*1-2H3. The average molecular weight is 252 g/mol. The molecule has 1 aromatic carbocycles. The summed E-state index contributed by atoms with van der Waals surface area (Å²) in [6.07, 6.45) is 0. The molecule has 0 unspecified atom stereocenters. The van der Waals surface area contributed by atoms with Gasteiger partial charge in [-0.2, -0.15) is 5.26 Å². The monoisotopic (exact) mass is 252 g/mol. The summed E-state index contributed by atoms with van der Waals surface area (Å²) in [5.74, 6) is 0. The summed E-state index contributed by atoms with van der Waals surface area (Å²) in [6.45, 7) is 13.8. The second-order valence-electron chi connectivity index (χ2n) is 2.39. The Hall–Kier alpha value is -1.89. The highest BCUT2D eigenvalue weighted by molar-refractivity contribution is 5.49. The topological polar surface area (TPSA) is 66.9 Å². The van der Waals surface area contributed by atoms with Gasteiger partial charge in [0, 0.05) is 6.07 Å². The molecule has 0 aliphatic rings. The van der Waals surface area contributed by atoms with Crippen molar-refractivity contribution < 1.29 is 4.92 Å². The minimum absolute atomic E-state index is 0.111. The van der Waals surface area contributed by atoms with Crippen molar-refractivity contribution in [2.24, 2.45) is 0 Å². The van der Waals surface area contributed by atoms with Crippen LogP contribution in [0.4, 0.5) is 5.69 Å². The Kier molecular flexibility index (Phi) is 18.0. The number of hydrogen-bond donors (Lipinski definition) is 0. The number of nitro groups is 1. The highest BCUT2D eigenvalue weighted by atomic mass is 16.6. The Balaban J connectivity index is -0.000000328. The number of nitriles is 1. The van der Waals surface area contributed by atoms with Crippen LogP contribution in [0.3, 0.4) is 0 Å². The SMILES string of the molecule is CC.CC.CC.Cc1ccc([N+](=O)[O-])c(C#N)c1. The van der Waals surface area contributed by atoms with Crippen LogP contribution in [0.25, 0.3) is 0 Å². The summed E-state index contributed by atoms with van der Waals surface area (Å²) in [4.78, 5) is 9.79. The number of rotatable bonds is 1. The fraction of sp³-hybridized carbons (Fsp3) is 0.500. The Morgan fingerprint density at radius 3 is 1.89 bits per heavy atom.